The average Bonchev–Trinajstić information content (AvgIpc) is 3.29. The summed E-state index contributed by atoms with van der Waals surface area (Å²) in [7, 11) is 0. The van der Waals surface area contributed by atoms with Crippen molar-refractivity contribution in [3.63, 3.8) is 0 Å². The summed E-state index contributed by atoms with van der Waals surface area (Å²) in [5, 5.41) is 16.1. The van der Waals surface area contributed by atoms with Crippen LogP contribution in [-0.2, 0) is 0 Å². The highest BCUT2D eigenvalue weighted by atomic mass is 16.5. The molecule has 0 unspecified atom stereocenters. The second-order valence-electron chi connectivity index (χ2n) is 7.24. The quantitative estimate of drug-likeness (QED) is 0.421. The zero-order valence-electron chi connectivity index (χ0n) is 17.8. The molecule has 5 rings (SSSR count). The Morgan fingerprint density at radius 2 is 1.64 bits per heavy atom. The fraction of sp³-hybridized carbons (Fsp3) is 0.0800. The lowest BCUT2D eigenvalue weighted by Crippen LogP contribution is -2.11. The number of aromatic nitrogens is 5. The van der Waals surface area contributed by atoms with E-state index >= 15 is 0 Å². The number of benzene rings is 2. The van der Waals surface area contributed by atoms with Gasteiger partial charge in [0.2, 0.25) is 0 Å². The molecule has 1 amide bonds. The summed E-state index contributed by atoms with van der Waals surface area (Å²) in [4.78, 5) is 16.6. The second kappa shape index (κ2) is 8.88. The monoisotopic (exact) mass is 436 g/mol. The molecule has 0 spiro atoms. The highest BCUT2D eigenvalue weighted by Crippen LogP contribution is 2.23. The van der Waals surface area contributed by atoms with Gasteiger partial charge in [-0.15, -0.1) is 10.2 Å². The molecule has 3 aromatic heterocycles. The van der Waals surface area contributed by atoms with Crippen LogP contribution >= 0.6 is 0 Å². The third-order valence-corrected chi connectivity index (χ3v) is 5.07. The van der Waals surface area contributed by atoms with E-state index in [-0.39, 0.29) is 5.91 Å². The van der Waals surface area contributed by atoms with Crippen molar-refractivity contribution in [3.8, 4) is 28.4 Å². The lowest BCUT2D eigenvalue weighted by Gasteiger charge is -2.08. The molecule has 0 bridgehead atoms. The molecule has 0 atom stereocenters. The number of nitrogens with zero attached hydrogens (tertiary/aromatic N) is 5. The standard InChI is InChI=1S/C25H20N6O2/c1-2-33-21-9-5-19(6-10-21)25(32)27-20-7-3-17(4-8-20)22-11-12-23-28-29-24(31(23)30-22)18-13-15-26-16-14-18/h3-16H,2H2,1H3,(H,27,32). The Labute approximate surface area is 189 Å². The van der Waals surface area contributed by atoms with E-state index in [1.54, 1.807) is 41.2 Å². The molecule has 33 heavy (non-hydrogen) atoms. The Kier molecular flexibility index (Phi) is 5.47. The Balaban J connectivity index is 1.35. The molecule has 0 radical (unpaired) electrons. The SMILES string of the molecule is CCOc1ccc(C(=O)Nc2ccc(-c3ccc4nnc(-c5ccncc5)n4n3)cc2)cc1. The number of amides is 1. The van der Waals surface area contributed by atoms with Gasteiger partial charge < -0.3 is 10.1 Å². The smallest absolute Gasteiger partial charge is 0.255 e. The maximum atomic E-state index is 12.5. The minimum Gasteiger partial charge on any atom is -0.494 e. The van der Waals surface area contributed by atoms with Gasteiger partial charge >= 0.3 is 0 Å². The van der Waals surface area contributed by atoms with Gasteiger partial charge in [-0.2, -0.15) is 9.61 Å². The molecule has 2 aromatic carbocycles. The van der Waals surface area contributed by atoms with Crippen molar-refractivity contribution in [3.05, 3.63) is 90.8 Å². The van der Waals surface area contributed by atoms with Gasteiger partial charge in [-0.05, 0) is 67.6 Å². The average molecular weight is 436 g/mol. The molecule has 162 valence electrons. The summed E-state index contributed by atoms with van der Waals surface area (Å²) in [6.07, 6.45) is 3.42. The molecule has 8 nitrogen and oxygen atoms in total. The number of carbonyl (C=O) groups excluding carboxylic acids is 1. The Morgan fingerprint density at radius 1 is 0.879 bits per heavy atom. The molecule has 5 aromatic rings. The number of anilines is 1. The van der Waals surface area contributed by atoms with E-state index in [9.17, 15) is 4.79 Å². The summed E-state index contributed by atoms with van der Waals surface area (Å²) >= 11 is 0. The highest BCUT2D eigenvalue weighted by Gasteiger charge is 2.11. The topological polar surface area (TPSA) is 94.3 Å². The third kappa shape index (κ3) is 4.27. The first-order chi connectivity index (χ1) is 16.2. The Morgan fingerprint density at radius 3 is 2.36 bits per heavy atom. The second-order valence-corrected chi connectivity index (χ2v) is 7.24. The summed E-state index contributed by atoms with van der Waals surface area (Å²) in [6, 6.07) is 22.1. The zero-order valence-corrected chi connectivity index (χ0v) is 17.8. The van der Waals surface area contributed by atoms with Crippen LogP contribution in [0.25, 0.3) is 28.3 Å². The van der Waals surface area contributed by atoms with Gasteiger partial charge in [-0.1, -0.05) is 12.1 Å². The number of hydrogen-bond donors (Lipinski definition) is 1. The summed E-state index contributed by atoms with van der Waals surface area (Å²) in [6.45, 7) is 2.51. The summed E-state index contributed by atoms with van der Waals surface area (Å²) in [5.74, 6) is 1.20. The van der Waals surface area contributed by atoms with Crippen molar-refractivity contribution in [1.29, 1.82) is 0 Å². The molecule has 0 saturated heterocycles. The van der Waals surface area contributed by atoms with E-state index in [0.717, 1.165) is 22.6 Å². The van der Waals surface area contributed by atoms with Gasteiger partial charge in [0, 0.05) is 34.8 Å². The van der Waals surface area contributed by atoms with Crippen LogP contribution in [0.15, 0.2) is 85.2 Å². The van der Waals surface area contributed by atoms with Crippen molar-refractivity contribution >= 4 is 17.2 Å². The molecule has 3 heterocycles. The predicted molar refractivity (Wildman–Crippen MR) is 125 cm³/mol. The number of fused-ring (bicyclic) bond motifs is 1. The van der Waals surface area contributed by atoms with Crippen molar-refractivity contribution in [2.24, 2.45) is 0 Å². The normalized spacial score (nSPS) is 10.8. The lowest BCUT2D eigenvalue weighted by atomic mass is 10.1. The molecular formula is C25H20N6O2. The van der Waals surface area contributed by atoms with Crippen LogP contribution in [-0.4, -0.2) is 37.3 Å². The van der Waals surface area contributed by atoms with Gasteiger partial charge in [0.05, 0.1) is 12.3 Å². The molecule has 0 saturated carbocycles. The van der Waals surface area contributed by atoms with Crippen LogP contribution in [0.1, 0.15) is 17.3 Å². The molecule has 8 heteroatoms. The maximum Gasteiger partial charge on any atom is 0.255 e. The predicted octanol–water partition coefficient (Wildman–Crippen LogP) is 4.50. The first-order valence-electron chi connectivity index (χ1n) is 10.5. The van der Waals surface area contributed by atoms with Gasteiger partial charge in [0.15, 0.2) is 11.5 Å². The first-order valence-corrected chi connectivity index (χ1v) is 10.5. The molecule has 1 N–H and O–H groups in total. The van der Waals surface area contributed by atoms with Crippen LogP contribution < -0.4 is 10.1 Å². The summed E-state index contributed by atoms with van der Waals surface area (Å²) < 4.78 is 7.13. The van der Waals surface area contributed by atoms with Gasteiger partial charge in [0.25, 0.3) is 5.91 Å². The minimum atomic E-state index is -0.183. The number of pyridine rings is 1. The lowest BCUT2D eigenvalue weighted by molar-refractivity contribution is 0.102. The number of carbonyl (C=O) groups is 1. The zero-order chi connectivity index (χ0) is 22.6. The van der Waals surface area contributed by atoms with Crippen molar-refractivity contribution < 1.29 is 9.53 Å². The van der Waals surface area contributed by atoms with Crippen LogP contribution in [0, 0.1) is 0 Å². The highest BCUT2D eigenvalue weighted by molar-refractivity contribution is 6.04. The minimum absolute atomic E-state index is 0.183. The molecular weight excluding hydrogens is 416 g/mol. The van der Waals surface area contributed by atoms with Crippen molar-refractivity contribution in [2.45, 2.75) is 6.92 Å². The van der Waals surface area contributed by atoms with Crippen LogP contribution in [0.5, 0.6) is 5.75 Å². The fourth-order valence-electron chi connectivity index (χ4n) is 3.42. The van der Waals surface area contributed by atoms with Gasteiger partial charge in [-0.3, -0.25) is 9.78 Å². The number of nitrogens with one attached hydrogen (secondary N) is 1. The third-order valence-electron chi connectivity index (χ3n) is 5.07. The molecule has 0 aliphatic carbocycles. The van der Waals surface area contributed by atoms with Crippen molar-refractivity contribution in [1.82, 2.24) is 24.8 Å². The van der Waals surface area contributed by atoms with E-state index < -0.39 is 0 Å². The van der Waals surface area contributed by atoms with Crippen molar-refractivity contribution in [2.75, 3.05) is 11.9 Å². The van der Waals surface area contributed by atoms with Gasteiger partial charge in [-0.25, -0.2) is 0 Å². The fourth-order valence-corrected chi connectivity index (χ4v) is 3.42. The van der Waals surface area contributed by atoms with Crippen LogP contribution in [0.4, 0.5) is 5.69 Å². The van der Waals surface area contributed by atoms with Crippen LogP contribution in [0.3, 0.4) is 0 Å². The molecule has 0 fully saturated rings. The first kappa shape index (κ1) is 20.3. The van der Waals surface area contributed by atoms with E-state index in [2.05, 4.69) is 20.5 Å². The number of rotatable bonds is 6. The molecule has 0 aliphatic heterocycles. The molecule has 0 aliphatic rings. The van der Waals surface area contributed by atoms with E-state index in [0.29, 0.717) is 29.3 Å². The number of ether oxygens (including phenoxy) is 1. The maximum absolute atomic E-state index is 12.5. The summed E-state index contributed by atoms with van der Waals surface area (Å²) in [5.41, 5.74) is 4.47. The van der Waals surface area contributed by atoms with Gasteiger partial charge in [0.1, 0.15) is 5.75 Å². The largest absolute Gasteiger partial charge is 0.494 e. The Bertz CT molecular complexity index is 1400. The van der Waals surface area contributed by atoms with E-state index in [1.807, 2.05) is 55.5 Å². The van der Waals surface area contributed by atoms with Crippen LogP contribution in [0.2, 0.25) is 0 Å². The van der Waals surface area contributed by atoms with E-state index in [4.69, 9.17) is 9.84 Å². The Hall–Kier alpha value is -4.59. The van der Waals surface area contributed by atoms with E-state index in [1.165, 1.54) is 0 Å². The number of hydrogen-bond acceptors (Lipinski definition) is 6.